The molecule has 2 aromatic carbocycles. The number of pyridine rings is 1. The molecule has 1 saturated heterocycles. The summed E-state index contributed by atoms with van der Waals surface area (Å²) in [6.07, 6.45) is 0. The summed E-state index contributed by atoms with van der Waals surface area (Å²) in [4.78, 5) is 36.1. The molecule has 12 heteroatoms. The summed E-state index contributed by atoms with van der Waals surface area (Å²) in [5.41, 5.74) is 8.65. The third-order valence-electron chi connectivity index (χ3n) is 6.02. The number of aromatic amines is 1. The molecule has 0 spiro atoms. The molecule has 4 aromatic rings. The second kappa shape index (κ2) is 9.50. The van der Waals surface area contributed by atoms with Crippen molar-refractivity contribution in [1.29, 1.82) is 0 Å². The lowest BCUT2D eigenvalue weighted by molar-refractivity contribution is -0.384. The van der Waals surface area contributed by atoms with E-state index >= 15 is 0 Å². The van der Waals surface area contributed by atoms with Crippen molar-refractivity contribution in [3.63, 3.8) is 0 Å². The molecule has 1 aliphatic rings. The van der Waals surface area contributed by atoms with Crippen LogP contribution in [0.4, 0.5) is 17.2 Å². The Morgan fingerprint density at radius 2 is 1.78 bits per heavy atom. The number of nitrogens with one attached hydrogen (secondary N) is 1. The maximum atomic E-state index is 12.0. The van der Waals surface area contributed by atoms with Gasteiger partial charge in [0.15, 0.2) is 5.65 Å². The molecule has 3 heterocycles. The van der Waals surface area contributed by atoms with E-state index in [0.717, 1.165) is 31.7 Å². The number of nitrogens with zero attached hydrogens (tertiary/aromatic N) is 7. The number of aromatic nitrogens is 3. The Balaban J connectivity index is 1.53. The van der Waals surface area contributed by atoms with Gasteiger partial charge in [-0.25, -0.2) is 9.78 Å². The standard InChI is InChI=1S/C24H23N9O3/c1-31-9-11-32(12-10-31)30-29-17-7-5-15(6-8-17)20-14-19(16-3-2-4-18(13-16)33(35)36)21-22(25)27-24(34)28-23(21)26-20/h2-8,13-14H,9-12H2,1H3,(H3,25,26,27,28,34). The third-order valence-corrected chi connectivity index (χ3v) is 6.02. The summed E-state index contributed by atoms with van der Waals surface area (Å²) in [7, 11) is 2.08. The minimum Gasteiger partial charge on any atom is -0.385 e. The number of hydrogen-bond acceptors (Lipinski definition) is 9. The Labute approximate surface area is 205 Å². The highest BCUT2D eigenvalue weighted by Gasteiger charge is 2.17. The molecule has 36 heavy (non-hydrogen) atoms. The highest BCUT2D eigenvalue weighted by molar-refractivity contribution is 6.01. The fourth-order valence-corrected chi connectivity index (χ4v) is 4.04. The topological polar surface area (TPSA) is 159 Å². The van der Waals surface area contributed by atoms with Crippen molar-refractivity contribution < 1.29 is 4.92 Å². The van der Waals surface area contributed by atoms with E-state index in [1.54, 1.807) is 18.2 Å². The highest BCUT2D eigenvalue weighted by Crippen LogP contribution is 2.35. The lowest BCUT2D eigenvalue weighted by Crippen LogP contribution is -2.41. The number of nitrogen functional groups attached to an aromatic ring is 1. The number of nitro benzene ring substituents is 1. The van der Waals surface area contributed by atoms with E-state index in [2.05, 4.69) is 37.2 Å². The second-order valence-corrected chi connectivity index (χ2v) is 8.51. The van der Waals surface area contributed by atoms with Gasteiger partial charge in [-0.2, -0.15) is 4.98 Å². The van der Waals surface area contributed by atoms with E-state index in [-0.39, 0.29) is 17.2 Å². The summed E-state index contributed by atoms with van der Waals surface area (Å²) < 4.78 is 0. The number of non-ortho nitro benzene ring substituents is 1. The van der Waals surface area contributed by atoms with Crippen molar-refractivity contribution in [3.8, 4) is 22.4 Å². The predicted molar refractivity (Wildman–Crippen MR) is 136 cm³/mol. The van der Waals surface area contributed by atoms with Crippen LogP contribution in [0.1, 0.15) is 0 Å². The molecular weight excluding hydrogens is 462 g/mol. The molecule has 3 N–H and O–H groups in total. The SMILES string of the molecule is CN1CCN(N=Nc2ccc(-c3cc(-c4cccc([N+](=O)[O-])c4)c4c(N)[nH]c(=O)nc4n3)cc2)CC1. The second-order valence-electron chi connectivity index (χ2n) is 8.51. The number of hydrogen-bond donors (Lipinski definition) is 2. The molecule has 12 nitrogen and oxygen atoms in total. The van der Waals surface area contributed by atoms with Crippen LogP contribution in [0.15, 0.2) is 69.7 Å². The summed E-state index contributed by atoms with van der Waals surface area (Å²) in [6.45, 7) is 3.54. The Kier molecular flexibility index (Phi) is 6.09. The smallest absolute Gasteiger partial charge is 0.348 e. The number of anilines is 1. The zero-order chi connectivity index (χ0) is 25.2. The molecule has 5 rings (SSSR count). The maximum Gasteiger partial charge on any atom is 0.348 e. The van der Waals surface area contributed by atoms with E-state index in [1.165, 1.54) is 12.1 Å². The van der Waals surface area contributed by atoms with Crippen molar-refractivity contribution in [3.05, 3.63) is 75.2 Å². The van der Waals surface area contributed by atoms with Crippen molar-refractivity contribution in [2.24, 2.45) is 10.3 Å². The lowest BCUT2D eigenvalue weighted by Gasteiger charge is -2.29. The minimum atomic E-state index is -0.630. The van der Waals surface area contributed by atoms with Gasteiger partial charge in [0.1, 0.15) is 5.82 Å². The van der Waals surface area contributed by atoms with Crippen LogP contribution < -0.4 is 11.4 Å². The van der Waals surface area contributed by atoms with Crippen LogP contribution >= 0.6 is 0 Å². The van der Waals surface area contributed by atoms with Gasteiger partial charge in [0.2, 0.25) is 0 Å². The Morgan fingerprint density at radius 1 is 1.03 bits per heavy atom. The van der Waals surface area contributed by atoms with Gasteiger partial charge in [0.25, 0.3) is 5.69 Å². The Morgan fingerprint density at radius 3 is 2.50 bits per heavy atom. The molecule has 2 aromatic heterocycles. The largest absolute Gasteiger partial charge is 0.385 e. The first-order valence-electron chi connectivity index (χ1n) is 11.3. The van der Waals surface area contributed by atoms with Crippen LogP contribution in [0, 0.1) is 10.1 Å². The molecule has 1 fully saturated rings. The molecular formula is C24H23N9O3. The molecule has 0 radical (unpaired) electrons. The predicted octanol–water partition coefficient (Wildman–Crippen LogP) is 3.39. The van der Waals surface area contributed by atoms with Gasteiger partial charge in [-0.3, -0.25) is 20.1 Å². The summed E-state index contributed by atoms with van der Waals surface area (Å²) in [5.74, 6) is 0.0882. The quantitative estimate of drug-likeness (QED) is 0.247. The van der Waals surface area contributed by atoms with Crippen molar-refractivity contribution >= 4 is 28.2 Å². The molecule has 0 amide bonds. The van der Waals surface area contributed by atoms with Crippen LogP contribution in [0.3, 0.4) is 0 Å². The molecule has 0 atom stereocenters. The van der Waals surface area contributed by atoms with Gasteiger partial charge >= 0.3 is 5.69 Å². The number of nitrogens with two attached hydrogens (primary N) is 1. The number of rotatable bonds is 5. The lowest BCUT2D eigenvalue weighted by atomic mass is 9.99. The van der Waals surface area contributed by atoms with Crippen molar-refractivity contribution in [1.82, 2.24) is 24.9 Å². The first-order valence-corrected chi connectivity index (χ1v) is 11.3. The van der Waals surface area contributed by atoms with E-state index in [1.807, 2.05) is 29.3 Å². The van der Waals surface area contributed by atoms with Crippen LogP contribution in [0.2, 0.25) is 0 Å². The molecule has 0 saturated carbocycles. The van der Waals surface area contributed by atoms with E-state index in [9.17, 15) is 14.9 Å². The third kappa shape index (κ3) is 4.74. The number of likely N-dealkylation sites (N-methyl/N-ethyl adjacent to an activating group) is 1. The Hall–Kier alpha value is -4.71. The summed E-state index contributed by atoms with van der Waals surface area (Å²) in [5, 5.41) is 22.3. The molecule has 182 valence electrons. The van der Waals surface area contributed by atoms with E-state index < -0.39 is 10.6 Å². The minimum absolute atomic E-state index is 0.0648. The van der Waals surface area contributed by atoms with Gasteiger partial charge in [-0.15, -0.1) is 5.11 Å². The van der Waals surface area contributed by atoms with Crippen LogP contribution in [0.25, 0.3) is 33.4 Å². The van der Waals surface area contributed by atoms with E-state index in [0.29, 0.717) is 27.9 Å². The van der Waals surface area contributed by atoms with Crippen LogP contribution in [-0.2, 0) is 0 Å². The van der Waals surface area contributed by atoms with Gasteiger partial charge in [0.05, 0.1) is 34.8 Å². The Bertz CT molecular complexity index is 1520. The number of fused-ring (bicyclic) bond motifs is 1. The zero-order valence-corrected chi connectivity index (χ0v) is 19.5. The number of H-pyrrole nitrogens is 1. The first kappa shape index (κ1) is 23.1. The summed E-state index contributed by atoms with van der Waals surface area (Å²) >= 11 is 0. The van der Waals surface area contributed by atoms with E-state index in [4.69, 9.17) is 5.73 Å². The van der Waals surface area contributed by atoms with Gasteiger partial charge < -0.3 is 10.6 Å². The van der Waals surface area contributed by atoms with Crippen molar-refractivity contribution in [2.75, 3.05) is 39.0 Å². The van der Waals surface area contributed by atoms with Gasteiger partial charge in [0, 0.05) is 30.8 Å². The molecule has 0 aliphatic carbocycles. The monoisotopic (exact) mass is 485 g/mol. The number of benzene rings is 2. The van der Waals surface area contributed by atoms with Gasteiger partial charge in [-0.05, 0) is 36.4 Å². The zero-order valence-electron chi connectivity index (χ0n) is 19.5. The fourth-order valence-electron chi connectivity index (χ4n) is 4.04. The molecule has 0 bridgehead atoms. The fraction of sp³-hybridized carbons (Fsp3) is 0.208. The summed E-state index contributed by atoms with van der Waals surface area (Å²) in [6, 6.07) is 15.3. The highest BCUT2D eigenvalue weighted by atomic mass is 16.6. The molecule has 1 aliphatic heterocycles. The van der Waals surface area contributed by atoms with Gasteiger partial charge in [-0.1, -0.05) is 29.5 Å². The van der Waals surface area contributed by atoms with Crippen molar-refractivity contribution in [2.45, 2.75) is 0 Å². The maximum absolute atomic E-state index is 12.0. The molecule has 0 unspecified atom stereocenters. The average Bonchev–Trinajstić information content (AvgIpc) is 2.88. The average molecular weight is 486 g/mol. The normalized spacial score (nSPS) is 14.5. The van der Waals surface area contributed by atoms with Crippen LogP contribution in [-0.4, -0.2) is 63.0 Å². The number of piperazine rings is 1. The van der Waals surface area contributed by atoms with Crippen LogP contribution in [0.5, 0.6) is 0 Å². The first-order chi connectivity index (χ1) is 17.4. The number of nitro groups is 1.